The van der Waals surface area contributed by atoms with Crippen LogP contribution in [0.4, 0.5) is 5.69 Å². The molecule has 0 aliphatic carbocycles. The molecule has 0 spiro atoms. The predicted octanol–water partition coefficient (Wildman–Crippen LogP) is 5.76. The number of unbranched alkanes of at least 4 members (excludes halogenated alkanes) is 3. The van der Waals surface area contributed by atoms with Gasteiger partial charge in [0, 0.05) is 0 Å². The molecule has 0 fully saturated rings. The number of ether oxygens (including phenoxy) is 3. The van der Waals surface area contributed by atoms with Crippen LogP contribution in [0, 0.1) is 0 Å². The van der Waals surface area contributed by atoms with E-state index in [9.17, 15) is 0 Å². The van der Waals surface area contributed by atoms with Crippen molar-refractivity contribution in [2.75, 3.05) is 26.3 Å². The Bertz CT molecular complexity index is 750. The maximum Gasteiger partial charge on any atom is 0.161 e. The molecular weight excluding hydrogens is 364 g/mol. The highest BCUT2D eigenvalue weighted by atomic mass is 35.5. The van der Waals surface area contributed by atoms with E-state index in [0.717, 1.165) is 23.4 Å². The highest BCUT2D eigenvalue weighted by Gasteiger charge is 2.05. The molecule has 2 aromatic rings. The van der Waals surface area contributed by atoms with Gasteiger partial charge in [0.1, 0.15) is 5.75 Å². The largest absolute Gasteiger partial charge is 0.495 e. The van der Waals surface area contributed by atoms with E-state index >= 15 is 0 Å². The molecule has 2 aromatic carbocycles. The Kier molecular flexibility index (Phi) is 8.78. The van der Waals surface area contributed by atoms with Crippen LogP contribution in [0.5, 0.6) is 17.2 Å². The van der Waals surface area contributed by atoms with Gasteiger partial charge >= 0.3 is 0 Å². The van der Waals surface area contributed by atoms with Gasteiger partial charge in [-0.1, -0.05) is 37.8 Å². The number of nitrogens with zero attached hydrogens (tertiary/aromatic N) is 1. The van der Waals surface area contributed by atoms with Crippen molar-refractivity contribution in [1.29, 1.82) is 0 Å². The number of nitrogens with one attached hydrogen (secondary N) is 1. The van der Waals surface area contributed by atoms with Crippen LogP contribution in [0.15, 0.2) is 41.5 Å². The van der Waals surface area contributed by atoms with E-state index in [4.69, 9.17) is 25.8 Å². The van der Waals surface area contributed by atoms with Crippen molar-refractivity contribution in [1.82, 2.24) is 0 Å². The molecule has 5 nitrogen and oxygen atoms in total. The second-order valence-corrected chi connectivity index (χ2v) is 6.45. The molecule has 0 aromatic heterocycles. The van der Waals surface area contributed by atoms with Crippen molar-refractivity contribution >= 4 is 23.5 Å². The number of benzene rings is 2. The molecule has 146 valence electrons. The van der Waals surface area contributed by atoms with Crippen LogP contribution in [-0.2, 0) is 0 Å². The fourth-order valence-electron chi connectivity index (χ4n) is 2.51. The van der Waals surface area contributed by atoms with Crippen molar-refractivity contribution in [3.63, 3.8) is 0 Å². The summed E-state index contributed by atoms with van der Waals surface area (Å²) in [5, 5.41) is 4.77. The van der Waals surface area contributed by atoms with Crippen LogP contribution in [0.3, 0.4) is 0 Å². The van der Waals surface area contributed by atoms with Gasteiger partial charge in [0.25, 0.3) is 0 Å². The minimum absolute atomic E-state index is 0.528. The molecular formula is C21H27ClN2O3. The highest BCUT2D eigenvalue weighted by molar-refractivity contribution is 6.32. The number of hydrazone groups is 1. The normalized spacial score (nSPS) is 10.8. The third-order valence-corrected chi connectivity index (χ3v) is 4.30. The molecule has 0 heterocycles. The highest BCUT2D eigenvalue weighted by Crippen LogP contribution is 2.28. The van der Waals surface area contributed by atoms with E-state index < -0.39 is 0 Å². The Morgan fingerprint density at radius 3 is 2.44 bits per heavy atom. The number of rotatable bonds is 11. The average molecular weight is 391 g/mol. The number of hydrogen-bond donors (Lipinski definition) is 1. The standard InChI is InChI=1S/C21H27ClN2O3/c1-4-5-6-7-12-27-20-10-8-16(13-21(20)26-3)15-23-24-17-9-11-19(25-2)18(22)14-17/h8-11,13-15,24H,4-7,12H2,1-3H3/b23-15+. The van der Waals surface area contributed by atoms with Crippen LogP contribution in [0.25, 0.3) is 0 Å². The van der Waals surface area contributed by atoms with Crippen LogP contribution in [0.1, 0.15) is 38.2 Å². The Morgan fingerprint density at radius 1 is 0.963 bits per heavy atom. The lowest BCUT2D eigenvalue weighted by molar-refractivity contribution is 0.285. The fraction of sp³-hybridized carbons (Fsp3) is 0.381. The van der Waals surface area contributed by atoms with Crippen molar-refractivity contribution in [3.8, 4) is 17.2 Å². The molecule has 6 heteroatoms. The molecule has 0 aliphatic rings. The summed E-state index contributed by atoms with van der Waals surface area (Å²) < 4.78 is 16.4. The maximum atomic E-state index is 6.10. The molecule has 0 saturated heterocycles. The quantitative estimate of drug-likeness (QED) is 0.301. The van der Waals surface area contributed by atoms with Crippen molar-refractivity contribution in [2.24, 2.45) is 5.10 Å². The fourth-order valence-corrected chi connectivity index (χ4v) is 2.77. The molecule has 27 heavy (non-hydrogen) atoms. The molecule has 0 saturated carbocycles. The smallest absolute Gasteiger partial charge is 0.161 e. The second kappa shape index (κ2) is 11.3. The van der Waals surface area contributed by atoms with E-state index in [-0.39, 0.29) is 0 Å². The summed E-state index contributed by atoms with van der Waals surface area (Å²) >= 11 is 6.10. The zero-order valence-electron chi connectivity index (χ0n) is 16.1. The molecule has 0 bridgehead atoms. The van der Waals surface area contributed by atoms with Crippen molar-refractivity contribution in [3.05, 3.63) is 47.0 Å². The Morgan fingerprint density at radius 2 is 1.74 bits per heavy atom. The molecule has 0 unspecified atom stereocenters. The number of methoxy groups -OCH3 is 2. The zero-order chi connectivity index (χ0) is 19.5. The summed E-state index contributed by atoms with van der Waals surface area (Å²) in [5.74, 6) is 2.07. The first-order chi connectivity index (χ1) is 13.2. The van der Waals surface area contributed by atoms with Gasteiger partial charge in [-0.25, -0.2) is 0 Å². The van der Waals surface area contributed by atoms with Gasteiger partial charge in [0.05, 0.1) is 37.8 Å². The second-order valence-electron chi connectivity index (χ2n) is 6.04. The third kappa shape index (κ3) is 6.68. The van der Waals surface area contributed by atoms with E-state index in [2.05, 4.69) is 17.5 Å². The van der Waals surface area contributed by atoms with E-state index in [1.807, 2.05) is 24.3 Å². The van der Waals surface area contributed by atoms with Crippen LogP contribution >= 0.6 is 11.6 Å². The van der Waals surface area contributed by atoms with Gasteiger partial charge in [-0.15, -0.1) is 0 Å². The van der Waals surface area contributed by atoms with Gasteiger partial charge < -0.3 is 14.2 Å². The van der Waals surface area contributed by atoms with Crippen LogP contribution in [-0.4, -0.2) is 27.0 Å². The predicted molar refractivity (Wildman–Crippen MR) is 112 cm³/mol. The van der Waals surface area contributed by atoms with Crippen molar-refractivity contribution in [2.45, 2.75) is 32.6 Å². The Hall–Kier alpha value is -2.40. The molecule has 2 rings (SSSR count). The SMILES string of the molecule is CCCCCCOc1ccc(/C=N/Nc2ccc(OC)c(Cl)c2)cc1OC. The number of hydrogen-bond acceptors (Lipinski definition) is 5. The molecule has 0 radical (unpaired) electrons. The first-order valence-corrected chi connectivity index (χ1v) is 9.49. The molecule has 0 aliphatic heterocycles. The van der Waals surface area contributed by atoms with Gasteiger partial charge in [-0.2, -0.15) is 5.10 Å². The van der Waals surface area contributed by atoms with E-state index in [1.165, 1.54) is 19.3 Å². The van der Waals surface area contributed by atoms with Gasteiger partial charge in [-0.05, 0) is 48.4 Å². The Balaban J connectivity index is 1.94. The lowest BCUT2D eigenvalue weighted by Gasteiger charge is -2.11. The number of halogens is 1. The van der Waals surface area contributed by atoms with Crippen LogP contribution < -0.4 is 19.6 Å². The van der Waals surface area contributed by atoms with Crippen molar-refractivity contribution < 1.29 is 14.2 Å². The maximum absolute atomic E-state index is 6.10. The lowest BCUT2D eigenvalue weighted by Crippen LogP contribution is -2.00. The minimum atomic E-state index is 0.528. The van der Waals surface area contributed by atoms with Crippen LogP contribution in [0.2, 0.25) is 5.02 Å². The Labute approximate surface area is 166 Å². The summed E-state index contributed by atoms with van der Waals surface area (Å²) in [6.07, 6.45) is 6.40. The summed E-state index contributed by atoms with van der Waals surface area (Å²) in [6, 6.07) is 11.1. The minimum Gasteiger partial charge on any atom is -0.495 e. The average Bonchev–Trinajstić information content (AvgIpc) is 2.68. The number of anilines is 1. The summed E-state index contributed by atoms with van der Waals surface area (Å²) in [7, 11) is 3.22. The van der Waals surface area contributed by atoms with Gasteiger partial charge in [0.15, 0.2) is 11.5 Å². The summed E-state index contributed by atoms with van der Waals surface area (Å²) in [6.45, 7) is 2.89. The third-order valence-electron chi connectivity index (χ3n) is 4.00. The van der Waals surface area contributed by atoms with Gasteiger partial charge in [-0.3, -0.25) is 5.43 Å². The van der Waals surface area contributed by atoms with E-state index in [0.29, 0.717) is 23.1 Å². The summed E-state index contributed by atoms with van der Waals surface area (Å²) in [4.78, 5) is 0. The molecule has 1 N–H and O–H groups in total. The lowest BCUT2D eigenvalue weighted by atomic mass is 10.2. The van der Waals surface area contributed by atoms with E-state index in [1.54, 1.807) is 32.6 Å². The topological polar surface area (TPSA) is 52.1 Å². The first-order valence-electron chi connectivity index (χ1n) is 9.11. The van der Waals surface area contributed by atoms with Gasteiger partial charge in [0.2, 0.25) is 0 Å². The monoisotopic (exact) mass is 390 g/mol. The zero-order valence-corrected chi connectivity index (χ0v) is 16.9. The first kappa shape index (κ1) is 20.9. The molecule has 0 atom stereocenters. The summed E-state index contributed by atoms with van der Waals surface area (Å²) in [5.41, 5.74) is 4.62. The molecule has 0 amide bonds.